The number of aromatic nitrogens is 2. The van der Waals surface area contributed by atoms with Crippen molar-refractivity contribution in [3.05, 3.63) is 108 Å². The van der Waals surface area contributed by atoms with Gasteiger partial charge in [0.05, 0.1) is 23.7 Å². The maximum atomic E-state index is 12.9. The predicted octanol–water partition coefficient (Wildman–Crippen LogP) is 5.30. The van der Waals surface area contributed by atoms with Crippen LogP contribution in [-0.4, -0.2) is 34.9 Å². The monoisotopic (exact) mass is 565 g/mol. The molecule has 0 amide bonds. The molecule has 5 rings (SSSR count). The fourth-order valence-corrected chi connectivity index (χ4v) is 6.69. The molecule has 1 fully saturated rings. The second-order valence-electron chi connectivity index (χ2n) is 9.50. The lowest BCUT2D eigenvalue weighted by molar-refractivity contribution is -0.268. The van der Waals surface area contributed by atoms with Gasteiger partial charge in [-0.25, -0.2) is 13.4 Å². The lowest BCUT2D eigenvalue weighted by Gasteiger charge is -2.41. The predicted molar refractivity (Wildman–Crippen MR) is 151 cm³/mol. The van der Waals surface area contributed by atoms with Crippen molar-refractivity contribution >= 4 is 27.5 Å². The SMILES string of the molecule is C[C@H]1[C@@H](CSc2nccn2C)O[C@@H](c2cccc(NS(=O)(=O)c3ccccc3)c2)O[C@H]1c1ccc(CO)cc1. The van der Waals surface area contributed by atoms with Gasteiger partial charge in [0.15, 0.2) is 11.4 Å². The minimum Gasteiger partial charge on any atom is -0.392 e. The van der Waals surface area contributed by atoms with Crippen LogP contribution in [0.2, 0.25) is 0 Å². The minimum absolute atomic E-state index is 0.0220. The Kier molecular flexibility index (Phi) is 8.39. The number of aliphatic hydroxyl groups excluding tert-OH is 1. The third-order valence-electron chi connectivity index (χ3n) is 6.74. The van der Waals surface area contributed by atoms with Gasteiger partial charge in [0.1, 0.15) is 0 Å². The molecule has 2 N–H and O–H groups in total. The maximum absolute atomic E-state index is 12.9. The topological polar surface area (TPSA) is 103 Å². The largest absolute Gasteiger partial charge is 0.392 e. The summed E-state index contributed by atoms with van der Waals surface area (Å²) >= 11 is 1.62. The summed E-state index contributed by atoms with van der Waals surface area (Å²) in [7, 11) is -1.78. The third kappa shape index (κ3) is 6.37. The molecule has 10 heteroatoms. The highest BCUT2D eigenvalue weighted by Gasteiger charge is 2.38. The molecule has 0 aliphatic carbocycles. The van der Waals surface area contributed by atoms with Crippen molar-refractivity contribution in [3.8, 4) is 0 Å². The van der Waals surface area contributed by atoms with Crippen molar-refractivity contribution in [1.82, 2.24) is 9.55 Å². The van der Waals surface area contributed by atoms with Crippen LogP contribution in [0.25, 0.3) is 0 Å². The zero-order valence-corrected chi connectivity index (χ0v) is 23.3. The van der Waals surface area contributed by atoms with Crippen LogP contribution in [-0.2, 0) is 33.2 Å². The van der Waals surface area contributed by atoms with Crippen molar-refractivity contribution in [1.29, 1.82) is 0 Å². The number of aliphatic hydroxyl groups is 1. The van der Waals surface area contributed by atoms with E-state index in [0.29, 0.717) is 17.0 Å². The summed E-state index contributed by atoms with van der Waals surface area (Å²) in [5.41, 5.74) is 2.94. The van der Waals surface area contributed by atoms with Gasteiger partial charge in [-0.15, -0.1) is 0 Å². The molecular weight excluding hydrogens is 534 g/mol. The van der Waals surface area contributed by atoms with Gasteiger partial charge in [-0.3, -0.25) is 4.72 Å². The van der Waals surface area contributed by atoms with Gasteiger partial charge in [0.25, 0.3) is 10.0 Å². The van der Waals surface area contributed by atoms with Crippen LogP contribution in [0, 0.1) is 5.92 Å². The van der Waals surface area contributed by atoms with Gasteiger partial charge in [-0.05, 0) is 35.4 Å². The van der Waals surface area contributed by atoms with E-state index in [1.165, 1.54) is 0 Å². The van der Waals surface area contributed by atoms with Crippen LogP contribution in [0.4, 0.5) is 5.69 Å². The van der Waals surface area contributed by atoms with Crippen LogP contribution in [0.15, 0.2) is 101 Å². The number of benzene rings is 3. The number of hydrogen-bond donors (Lipinski definition) is 2. The highest BCUT2D eigenvalue weighted by Crippen LogP contribution is 2.43. The average Bonchev–Trinajstić information content (AvgIpc) is 3.37. The lowest BCUT2D eigenvalue weighted by atomic mass is 9.91. The third-order valence-corrected chi connectivity index (χ3v) is 9.29. The number of anilines is 1. The molecular formula is C29H31N3O5S2. The number of ether oxygens (including phenoxy) is 2. The Hall–Kier alpha value is -3.15. The number of imidazole rings is 1. The van der Waals surface area contributed by atoms with E-state index in [1.807, 2.05) is 48.1 Å². The summed E-state index contributed by atoms with van der Waals surface area (Å²) in [5, 5.41) is 10.4. The van der Waals surface area contributed by atoms with E-state index in [1.54, 1.807) is 66.5 Å². The first-order valence-corrected chi connectivity index (χ1v) is 15.1. The number of nitrogens with zero attached hydrogens (tertiary/aromatic N) is 2. The number of rotatable bonds is 9. The fraction of sp³-hybridized carbons (Fsp3) is 0.276. The Morgan fingerprint density at radius 2 is 1.77 bits per heavy atom. The molecule has 0 unspecified atom stereocenters. The Morgan fingerprint density at radius 3 is 2.46 bits per heavy atom. The van der Waals surface area contributed by atoms with E-state index in [0.717, 1.165) is 16.3 Å². The molecule has 39 heavy (non-hydrogen) atoms. The fourth-order valence-electron chi connectivity index (χ4n) is 4.52. The standard InChI is InChI=1S/C29H31N3O5S2/c1-20-26(19-38-29-30-15-16-32(29)2)36-28(37-27(20)22-13-11-21(18-33)12-14-22)23-7-6-8-24(17-23)31-39(34,35)25-9-4-3-5-10-25/h3-17,20,26-28,31,33H,18-19H2,1-2H3/t20-,26+,27+,28+/m0/s1. The first-order chi connectivity index (χ1) is 18.8. The molecule has 1 aromatic heterocycles. The Labute approximate surface area is 233 Å². The number of sulfonamides is 1. The van der Waals surface area contributed by atoms with E-state index in [9.17, 15) is 13.5 Å². The Balaban J connectivity index is 1.41. The van der Waals surface area contributed by atoms with Crippen LogP contribution < -0.4 is 4.72 Å². The van der Waals surface area contributed by atoms with Crippen molar-refractivity contribution in [3.63, 3.8) is 0 Å². The summed E-state index contributed by atoms with van der Waals surface area (Å²) in [6.45, 7) is 2.08. The summed E-state index contributed by atoms with van der Waals surface area (Å²) in [6, 6.07) is 23.1. The Morgan fingerprint density at radius 1 is 1.00 bits per heavy atom. The zero-order valence-electron chi connectivity index (χ0n) is 21.7. The van der Waals surface area contributed by atoms with Gasteiger partial charge in [-0.2, -0.15) is 0 Å². The number of hydrogen-bond acceptors (Lipinski definition) is 7. The molecule has 4 atom stereocenters. The minimum atomic E-state index is -3.74. The molecule has 0 spiro atoms. The number of aryl methyl sites for hydroxylation is 1. The molecule has 0 bridgehead atoms. The molecule has 1 aliphatic rings. The molecule has 4 aromatic rings. The zero-order chi connectivity index (χ0) is 27.4. The van der Waals surface area contributed by atoms with Gasteiger partial charge < -0.3 is 19.1 Å². The molecule has 2 heterocycles. The second-order valence-corrected chi connectivity index (χ2v) is 12.2. The van der Waals surface area contributed by atoms with E-state index >= 15 is 0 Å². The molecule has 8 nitrogen and oxygen atoms in total. The Bertz CT molecular complexity index is 1490. The summed E-state index contributed by atoms with van der Waals surface area (Å²) in [5.74, 6) is 0.686. The van der Waals surface area contributed by atoms with Crippen LogP contribution in [0.1, 0.15) is 36.0 Å². The molecule has 0 radical (unpaired) electrons. The van der Waals surface area contributed by atoms with Gasteiger partial charge in [0.2, 0.25) is 0 Å². The van der Waals surface area contributed by atoms with E-state index < -0.39 is 16.3 Å². The lowest BCUT2D eigenvalue weighted by Crippen LogP contribution is -2.38. The van der Waals surface area contributed by atoms with Crippen molar-refractivity contribution in [2.45, 2.75) is 42.1 Å². The van der Waals surface area contributed by atoms with Crippen LogP contribution in [0.3, 0.4) is 0 Å². The molecule has 1 saturated heterocycles. The molecule has 204 valence electrons. The molecule has 1 aliphatic heterocycles. The smallest absolute Gasteiger partial charge is 0.261 e. The quantitative estimate of drug-likeness (QED) is 0.266. The van der Waals surface area contributed by atoms with Crippen LogP contribution in [0.5, 0.6) is 0 Å². The first-order valence-electron chi connectivity index (χ1n) is 12.6. The second kappa shape index (κ2) is 11.9. The summed E-state index contributed by atoms with van der Waals surface area (Å²) in [6.07, 6.45) is 2.53. The summed E-state index contributed by atoms with van der Waals surface area (Å²) < 4.78 is 43.4. The van der Waals surface area contributed by atoms with Crippen LogP contribution >= 0.6 is 11.8 Å². The van der Waals surface area contributed by atoms with Gasteiger partial charge in [-0.1, -0.05) is 73.3 Å². The van der Waals surface area contributed by atoms with E-state index in [2.05, 4.69) is 16.6 Å². The maximum Gasteiger partial charge on any atom is 0.261 e. The number of thioether (sulfide) groups is 1. The van der Waals surface area contributed by atoms with Crippen molar-refractivity contribution < 1.29 is 23.0 Å². The van der Waals surface area contributed by atoms with Gasteiger partial charge >= 0.3 is 0 Å². The highest BCUT2D eigenvalue weighted by atomic mass is 32.2. The first kappa shape index (κ1) is 27.4. The highest BCUT2D eigenvalue weighted by molar-refractivity contribution is 7.99. The molecule has 0 saturated carbocycles. The van der Waals surface area contributed by atoms with Gasteiger partial charge in [0, 0.05) is 42.4 Å². The normalized spacial score (nSPS) is 21.5. The average molecular weight is 566 g/mol. The van der Waals surface area contributed by atoms with Crippen molar-refractivity contribution in [2.75, 3.05) is 10.5 Å². The summed E-state index contributed by atoms with van der Waals surface area (Å²) in [4.78, 5) is 4.61. The van der Waals surface area contributed by atoms with E-state index in [4.69, 9.17) is 9.47 Å². The number of nitrogens with one attached hydrogen (secondary N) is 1. The van der Waals surface area contributed by atoms with Crippen molar-refractivity contribution in [2.24, 2.45) is 13.0 Å². The van der Waals surface area contributed by atoms with E-state index in [-0.39, 0.29) is 29.6 Å². The molecule has 3 aromatic carbocycles.